The SMILES string of the molecule is CCCCCCNC(=O)CCSCCCOC1(C(=O)N=O)CC(O)C(NC(C)=O)C(C(O)C(O)CNC(=O)c2ccc(-c3ccccc3)cc2)O1. The lowest BCUT2D eigenvalue weighted by Crippen LogP contribution is -2.68. The van der Waals surface area contributed by atoms with Crippen LogP contribution in [0.1, 0.15) is 69.2 Å². The highest BCUT2D eigenvalue weighted by Crippen LogP contribution is 2.34. The maximum Gasteiger partial charge on any atom is 0.345 e. The number of carbonyl (C=O) groups excluding carboxylic acids is 4. The van der Waals surface area contributed by atoms with Crippen LogP contribution in [0.4, 0.5) is 0 Å². The number of nitrogens with zero attached hydrogens (tertiary/aromatic N) is 1. The molecule has 0 aliphatic carbocycles. The van der Waals surface area contributed by atoms with E-state index in [1.54, 1.807) is 24.3 Å². The van der Waals surface area contributed by atoms with E-state index in [0.717, 1.165) is 36.8 Å². The summed E-state index contributed by atoms with van der Waals surface area (Å²) in [5.74, 6) is -3.87. The number of hydrogen-bond acceptors (Lipinski definition) is 11. The average molecular weight is 731 g/mol. The predicted octanol–water partition coefficient (Wildman–Crippen LogP) is 2.68. The van der Waals surface area contributed by atoms with Crippen molar-refractivity contribution in [1.82, 2.24) is 16.0 Å². The van der Waals surface area contributed by atoms with Crippen LogP contribution in [0.25, 0.3) is 11.1 Å². The minimum Gasteiger partial charge on any atom is -0.391 e. The number of rotatable bonds is 21. The molecule has 0 aromatic heterocycles. The molecular weight excluding hydrogens is 680 g/mol. The number of ether oxygens (including phenoxy) is 2. The monoisotopic (exact) mass is 730 g/mol. The van der Waals surface area contributed by atoms with E-state index in [1.165, 1.54) is 18.7 Å². The summed E-state index contributed by atoms with van der Waals surface area (Å²) in [5, 5.41) is 43.5. The van der Waals surface area contributed by atoms with Crippen LogP contribution < -0.4 is 16.0 Å². The van der Waals surface area contributed by atoms with Gasteiger partial charge in [0.2, 0.25) is 11.8 Å². The number of nitrogens with one attached hydrogen (secondary N) is 3. The van der Waals surface area contributed by atoms with Gasteiger partial charge in [-0.3, -0.25) is 19.2 Å². The zero-order valence-corrected chi connectivity index (χ0v) is 29.9. The molecule has 2 aromatic rings. The van der Waals surface area contributed by atoms with Gasteiger partial charge < -0.3 is 40.7 Å². The molecular formula is C36H50N4O10S. The lowest BCUT2D eigenvalue weighted by Gasteiger charge is -2.46. The van der Waals surface area contributed by atoms with E-state index in [2.05, 4.69) is 28.1 Å². The summed E-state index contributed by atoms with van der Waals surface area (Å²) < 4.78 is 11.6. The third kappa shape index (κ3) is 13.1. The minimum atomic E-state index is -2.41. The lowest BCUT2D eigenvalue weighted by atomic mass is 9.88. The molecule has 0 spiro atoms. The van der Waals surface area contributed by atoms with Crippen LogP contribution in [0.3, 0.4) is 0 Å². The molecule has 6 unspecified atom stereocenters. The van der Waals surface area contributed by atoms with Gasteiger partial charge >= 0.3 is 5.91 Å². The molecule has 0 saturated carbocycles. The first-order valence-corrected chi connectivity index (χ1v) is 18.5. The molecule has 4 amide bonds. The van der Waals surface area contributed by atoms with Crippen molar-refractivity contribution in [2.45, 2.75) is 95.0 Å². The van der Waals surface area contributed by atoms with E-state index in [4.69, 9.17) is 9.47 Å². The number of hydrogen-bond donors (Lipinski definition) is 6. The summed E-state index contributed by atoms with van der Waals surface area (Å²) in [6.07, 6.45) is -2.39. The van der Waals surface area contributed by atoms with E-state index in [1.807, 2.05) is 30.3 Å². The van der Waals surface area contributed by atoms with Crippen molar-refractivity contribution in [3.05, 3.63) is 65.1 Å². The van der Waals surface area contributed by atoms with Crippen molar-refractivity contribution < 1.29 is 44.0 Å². The largest absolute Gasteiger partial charge is 0.391 e. The van der Waals surface area contributed by atoms with Gasteiger partial charge in [-0.2, -0.15) is 11.8 Å². The number of aliphatic hydroxyl groups excluding tert-OH is 3. The topological polar surface area (TPSA) is 213 Å². The number of nitroso groups, excluding NO2 is 1. The highest BCUT2D eigenvalue weighted by Gasteiger charge is 2.56. The van der Waals surface area contributed by atoms with Crippen molar-refractivity contribution in [2.75, 3.05) is 31.2 Å². The molecule has 51 heavy (non-hydrogen) atoms. The number of unbranched alkanes of at least 4 members (excludes halogenated alkanes) is 3. The zero-order valence-electron chi connectivity index (χ0n) is 29.1. The van der Waals surface area contributed by atoms with Gasteiger partial charge in [0, 0.05) is 49.3 Å². The van der Waals surface area contributed by atoms with Gasteiger partial charge in [-0.25, -0.2) is 0 Å². The highest BCUT2D eigenvalue weighted by molar-refractivity contribution is 7.99. The average Bonchev–Trinajstić information content (AvgIpc) is 3.13. The fourth-order valence-corrected chi connectivity index (χ4v) is 6.49. The highest BCUT2D eigenvalue weighted by atomic mass is 32.2. The van der Waals surface area contributed by atoms with Crippen LogP contribution in [0.15, 0.2) is 59.8 Å². The summed E-state index contributed by atoms with van der Waals surface area (Å²) in [5.41, 5.74) is 2.17. The maximum absolute atomic E-state index is 12.8. The van der Waals surface area contributed by atoms with E-state index < -0.39 is 66.9 Å². The van der Waals surface area contributed by atoms with Crippen molar-refractivity contribution >= 4 is 35.4 Å². The van der Waals surface area contributed by atoms with Crippen molar-refractivity contribution in [1.29, 1.82) is 0 Å². The van der Waals surface area contributed by atoms with Crippen LogP contribution in [-0.2, 0) is 23.9 Å². The van der Waals surface area contributed by atoms with Crippen molar-refractivity contribution in [3.8, 4) is 11.1 Å². The van der Waals surface area contributed by atoms with Crippen LogP contribution in [0.2, 0.25) is 0 Å². The van der Waals surface area contributed by atoms with Crippen LogP contribution >= 0.6 is 11.8 Å². The Labute approximate surface area is 302 Å². The molecule has 1 aliphatic rings. The molecule has 14 nitrogen and oxygen atoms in total. The summed E-state index contributed by atoms with van der Waals surface area (Å²) in [4.78, 5) is 61.1. The van der Waals surface area contributed by atoms with Crippen molar-refractivity contribution in [3.63, 3.8) is 0 Å². The van der Waals surface area contributed by atoms with E-state index in [0.29, 0.717) is 36.5 Å². The Hall–Kier alpha value is -3.73. The minimum absolute atomic E-state index is 0.0287. The first-order chi connectivity index (χ1) is 24.5. The Kier molecular flexibility index (Phi) is 17.6. The molecule has 3 rings (SSSR count). The van der Waals surface area contributed by atoms with Gasteiger partial charge in [-0.1, -0.05) is 68.7 Å². The summed E-state index contributed by atoms with van der Waals surface area (Å²) >= 11 is 1.50. The molecule has 1 heterocycles. The third-order valence-electron chi connectivity index (χ3n) is 8.40. The first-order valence-electron chi connectivity index (χ1n) is 17.3. The molecule has 1 fully saturated rings. The quantitative estimate of drug-likeness (QED) is 0.0812. The lowest BCUT2D eigenvalue weighted by molar-refractivity contribution is -0.301. The number of amides is 4. The van der Waals surface area contributed by atoms with Crippen LogP contribution in [0.5, 0.6) is 0 Å². The number of carbonyl (C=O) groups is 4. The van der Waals surface area contributed by atoms with Gasteiger partial charge in [0.05, 0.1) is 24.9 Å². The van der Waals surface area contributed by atoms with Gasteiger partial charge in [-0.05, 0) is 41.9 Å². The molecule has 6 N–H and O–H groups in total. The number of benzene rings is 2. The fourth-order valence-electron chi connectivity index (χ4n) is 5.64. The summed E-state index contributed by atoms with van der Waals surface area (Å²) in [7, 11) is 0. The Bertz CT molecular complexity index is 1420. The Morgan fingerprint density at radius 2 is 1.69 bits per heavy atom. The van der Waals surface area contributed by atoms with Crippen LogP contribution in [0, 0.1) is 4.91 Å². The van der Waals surface area contributed by atoms with Gasteiger partial charge in [-0.15, -0.1) is 4.91 Å². The molecule has 0 radical (unpaired) electrons. The second-order valence-electron chi connectivity index (χ2n) is 12.4. The second kappa shape index (κ2) is 21.6. The fraction of sp³-hybridized carbons (Fsp3) is 0.556. The molecule has 280 valence electrons. The van der Waals surface area contributed by atoms with Crippen molar-refractivity contribution in [2.24, 2.45) is 5.18 Å². The standard InChI is InChI=1S/C36H50N4O10S/c1-3-4-5-9-18-37-30(44)17-21-51-20-10-19-49-36(35(47)40-48)22-28(42)31(39-24(2)41)33(50-36)32(45)29(43)23-38-34(46)27-15-13-26(14-16-27)25-11-7-6-8-12-25/h6-8,11-16,28-29,31-33,42-43,45H,3-5,9-10,17-23H2,1-2H3,(H,37,44)(H,38,46)(H,39,41). The third-order valence-corrected chi connectivity index (χ3v) is 9.47. The maximum atomic E-state index is 12.8. The summed E-state index contributed by atoms with van der Waals surface area (Å²) in [6, 6.07) is 15.0. The molecule has 2 aromatic carbocycles. The summed E-state index contributed by atoms with van der Waals surface area (Å²) in [6.45, 7) is 3.36. The predicted molar refractivity (Wildman–Crippen MR) is 193 cm³/mol. The molecule has 0 bridgehead atoms. The van der Waals surface area contributed by atoms with Crippen LogP contribution in [-0.4, -0.2) is 106 Å². The Morgan fingerprint density at radius 1 is 0.980 bits per heavy atom. The molecule has 15 heteroatoms. The smallest absolute Gasteiger partial charge is 0.345 e. The molecule has 1 aliphatic heterocycles. The molecule has 1 saturated heterocycles. The van der Waals surface area contributed by atoms with Gasteiger partial charge in [0.25, 0.3) is 11.7 Å². The number of aliphatic hydroxyl groups is 3. The Morgan fingerprint density at radius 3 is 2.35 bits per heavy atom. The van der Waals surface area contributed by atoms with E-state index in [-0.39, 0.29) is 12.5 Å². The zero-order chi connectivity index (χ0) is 37.2. The first kappa shape index (κ1) is 41.7. The number of thioether (sulfide) groups is 1. The van der Waals surface area contributed by atoms with E-state index >= 15 is 0 Å². The van der Waals surface area contributed by atoms with E-state index in [9.17, 15) is 39.4 Å². The normalized spacial score (nSPS) is 21.2. The second-order valence-corrected chi connectivity index (χ2v) is 13.6. The van der Waals surface area contributed by atoms with Gasteiger partial charge in [0.15, 0.2) is 0 Å². The van der Waals surface area contributed by atoms with Gasteiger partial charge in [0.1, 0.15) is 12.2 Å². The molecule has 6 atom stereocenters. The Balaban J connectivity index is 1.57.